The molecule has 1 fully saturated rings. The predicted octanol–water partition coefficient (Wildman–Crippen LogP) is 11.9. The Morgan fingerprint density at radius 3 is 1.72 bits per heavy atom. The highest BCUT2D eigenvalue weighted by atomic mass is 15.3. The van der Waals surface area contributed by atoms with Gasteiger partial charge in [0, 0.05) is 17.3 Å². The predicted molar refractivity (Wildman–Crippen MR) is 196 cm³/mol. The third kappa shape index (κ3) is 3.30. The summed E-state index contributed by atoms with van der Waals surface area (Å²) in [5.74, 6) is 0.492. The zero-order valence-electron chi connectivity index (χ0n) is 27.4. The van der Waals surface area contributed by atoms with E-state index in [0.29, 0.717) is 5.92 Å². The average Bonchev–Trinajstić information content (AvgIpc) is 3.68. The summed E-state index contributed by atoms with van der Waals surface area (Å²) < 4.78 is 0. The normalized spacial score (nSPS) is 21.9. The van der Waals surface area contributed by atoms with Gasteiger partial charge in [-0.05, 0) is 117 Å². The van der Waals surface area contributed by atoms with Crippen LogP contribution in [0.3, 0.4) is 0 Å². The molecule has 1 heterocycles. The highest BCUT2D eigenvalue weighted by molar-refractivity contribution is 5.96. The first kappa shape index (κ1) is 27.3. The van der Waals surface area contributed by atoms with Crippen molar-refractivity contribution < 1.29 is 0 Å². The fourth-order valence-corrected chi connectivity index (χ4v) is 10.4. The summed E-state index contributed by atoms with van der Waals surface area (Å²) in [6.45, 7) is 7.52. The minimum Gasteiger partial charge on any atom is -0.334 e. The molecule has 0 radical (unpaired) electrons. The molecule has 6 aromatic rings. The van der Waals surface area contributed by atoms with E-state index >= 15 is 0 Å². The third-order valence-electron chi connectivity index (χ3n) is 12.8. The van der Waals surface area contributed by atoms with E-state index in [1.807, 2.05) is 0 Å². The van der Waals surface area contributed by atoms with Crippen LogP contribution in [0.4, 0.5) is 11.4 Å². The highest BCUT2D eigenvalue weighted by Crippen LogP contribution is 2.65. The lowest BCUT2D eigenvalue weighted by atomic mass is 9.58. The van der Waals surface area contributed by atoms with Crippen LogP contribution in [0.25, 0.3) is 33.4 Å². The second kappa shape index (κ2) is 9.35. The molecular weight excluding hydrogens is 567 g/mol. The summed E-state index contributed by atoms with van der Waals surface area (Å²) in [6.07, 6.45) is 3.77. The first-order valence-corrected chi connectivity index (χ1v) is 17.4. The Kier molecular flexibility index (Phi) is 5.42. The van der Waals surface area contributed by atoms with E-state index in [1.54, 1.807) is 0 Å². The molecule has 0 N–H and O–H groups in total. The molecule has 47 heavy (non-hydrogen) atoms. The molecule has 1 saturated carbocycles. The van der Waals surface area contributed by atoms with Gasteiger partial charge in [0.05, 0.1) is 11.0 Å². The van der Waals surface area contributed by atoms with Crippen molar-refractivity contribution in [3.05, 3.63) is 167 Å². The van der Waals surface area contributed by atoms with Crippen LogP contribution in [-0.2, 0) is 5.41 Å². The summed E-state index contributed by atoms with van der Waals surface area (Å²) in [5, 5.41) is 0. The highest BCUT2D eigenvalue weighted by Gasteiger charge is 2.58. The number of hydrogen-bond donors (Lipinski definition) is 0. The van der Waals surface area contributed by atoms with E-state index in [-0.39, 0.29) is 16.4 Å². The van der Waals surface area contributed by atoms with Crippen molar-refractivity contribution in [2.75, 3.05) is 4.90 Å². The Balaban J connectivity index is 1.16. The quantitative estimate of drug-likeness (QED) is 0.189. The standard InChI is InChI=1S/C46H39N/c1-44(2)27-13-22-38-37-29-31(24-26-43(37)47(45(38,44)3)32-14-5-4-6-15-32)30-23-25-42-36(28-30)35-18-9-12-21-41(35)46(42)39-19-10-7-16-33(39)34-17-8-11-20-40(34)46/h4-12,14-21,23-26,28-29,38H,13,22,27H2,1-3H3. The topological polar surface area (TPSA) is 3.24 Å². The fraction of sp³-hybridized carbons (Fsp3) is 0.217. The summed E-state index contributed by atoms with van der Waals surface area (Å²) in [5.41, 5.74) is 17.8. The molecular formula is C46H39N. The molecule has 0 saturated heterocycles. The summed E-state index contributed by atoms with van der Waals surface area (Å²) in [6, 6.07) is 53.0. The van der Waals surface area contributed by atoms with Gasteiger partial charge in [-0.25, -0.2) is 0 Å². The number of benzene rings is 6. The van der Waals surface area contributed by atoms with Gasteiger partial charge in [-0.3, -0.25) is 0 Å². The maximum absolute atomic E-state index is 2.69. The number of nitrogens with zero attached hydrogens (tertiary/aromatic N) is 1. The maximum Gasteiger partial charge on any atom is 0.0725 e. The summed E-state index contributed by atoms with van der Waals surface area (Å²) in [4.78, 5) is 2.69. The van der Waals surface area contributed by atoms with Crippen LogP contribution < -0.4 is 4.90 Å². The van der Waals surface area contributed by atoms with Crippen LogP contribution in [0.15, 0.2) is 140 Å². The lowest BCUT2D eigenvalue weighted by molar-refractivity contribution is 0.101. The summed E-state index contributed by atoms with van der Waals surface area (Å²) in [7, 11) is 0. The third-order valence-corrected chi connectivity index (χ3v) is 12.8. The lowest BCUT2D eigenvalue weighted by Crippen LogP contribution is -2.56. The summed E-state index contributed by atoms with van der Waals surface area (Å²) >= 11 is 0. The van der Waals surface area contributed by atoms with Gasteiger partial charge in [-0.15, -0.1) is 0 Å². The second-order valence-electron chi connectivity index (χ2n) is 15.1. The van der Waals surface area contributed by atoms with Gasteiger partial charge in [0.1, 0.15) is 0 Å². The van der Waals surface area contributed by atoms with Crippen molar-refractivity contribution in [1.29, 1.82) is 0 Å². The van der Waals surface area contributed by atoms with E-state index in [0.717, 1.165) is 0 Å². The Morgan fingerprint density at radius 1 is 0.532 bits per heavy atom. The zero-order chi connectivity index (χ0) is 31.5. The minimum atomic E-state index is -0.290. The van der Waals surface area contributed by atoms with Crippen molar-refractivity contribution in [2.24, 2.45) is 5.41 Å². The largest absolute Gasteiger partial charge is 0.334 e. The number of hydrogen-bond acceptors (Lipinski definition) is 1. The second-order valence-corrected chi connectivity index (χ2v) is 15.1. The van der Waals surface area contributed by atoms with Crippen molar-refractivity contribution in [1.82, 2.24) is 0 Å². The number of fused-ring (bicyclic) bond motifs is 13. The van der Waals surface area contributed by atoms with Crippen LogP contribution in [0.5, 0.6) is 0 Å². The molecule has 3 aliphatic carbocycles. The molecule has 228 valence electrons. The van der Waals surface area contributed by atoms with E-state index in [1.165, 1.54) is 91.8 Å². The number of anilines is 2. The van der Waals surface area contributed by atoms with E-state index in [9.17, 15) is 0 Å². The van der Waals surface area contributed by atoms with E-state index in [2.05, 4.69) is 165 Å². The first-order valence-electron chi connectivity index (χ1n) is 17.4. The molecule has 0 amide bonds. The van der Waals surface area contributed by atoms with Gasteiger partial charge in [-0.2, -0.15) is 0 Å². The SMILES string of the molecule is CC1(C)CCCC2c3cc(-c4ccc5c(c4)-c4ccccc4C54c5ccccc5-c5ccccc54)ccc3N(c3ccccc3)C21C. The number of rotatable bonds is 2. The van der Waals surface area contributed by atoms with Crippen molar-refractivity contribution in [3.63, 3.8) is 0 Å². The molecule has 2 atom stereocenters. The van der Waals surface area contributed by atoms with Crippen molar-refractivity contribution >= 4 is 11.4 Å². The molecule has 4 aliphatic rings. The zero-order valence-corrected chi connectivity index (χ0v) is 27.4. The number of para-hydroxylation sites is 1. The first-order chi connectivity index (χ1) is 22.9. The van der Waals surface area contributed by atoms with Crippen LogP contribution >= 0.6 is 0 Å². The maximum atomic E-state index is 2.69. The van der Waals surface area contributed by atoms with Crippen LogP contribution in [0.1, 0.15) is 73.8 Å². The molecule has 0 aromatic heterocycles. The van der Waals surface area contributed by atoms with Crippen LogP contribution in [-0.4, -0.2) is 5.54 Å². The van der Waals surface area contributed by atoms with Crippen LogP contribution in [0.2, 0.25) is 0 Å². The Hall–Kier alpha value is -4.88. The molecule has 2 unspecified atom stereocenters. The molecule has 0 bridgehead atoms. The Labute approximate surface area is 278 Å². The monoisotopic (exact) mass is 605 g/mol. The molecule has 10 rings (SSSR count). The minimum absolute atomic E-state index is 0.0140. The van der Waals surface area contributed by atoms with E-state index < -0.39 is 0 Å². The van der Waals surface area contributed by atoms with Gasteiger partial charge in [-0.1, -0.05) is 129 Å². The molecule has 1 spiro atoms. The van der Waals surface area contributed by atoms with Gasteiger partial charge >= 0.3 is 0 Å². The van der Waals surface area contributed by atoms with Gasteiger partial charge in [0.25, 0.3) is 0 Å². The van der Waals surface area contributed by atoms with Crippen LogP contribution in [0, 0.1) is 5.41 Å². The Bertz CT molecular complexity index is 2190. The van der Waals surface area contributed by atoms with Gasteiger partial charge in [0.2, 0.25) is 0 Å². The smallest absolute Gasteiger partial charge is 0.0725 e. The molecule has 1 nitrogen and oxygen atoms in total. The van der Waals surface area contributed by atoms with E-state index in [4.69, 9.17) is 0 Å². The fourth-order valence-electron chi connectivity index (χ4n) is 10.4. The van der Waals surface area contributed by atoms with Gasteiger partial charge < -0.3 is 4.90 Å². The van der Waals surface area contributed by atoms with Gasteiger partial charge in [0.15, 0.2) is 0 Å². The molecule has 1 heteroatoms. The average molecular weight is 606 g/mol. The van der Waals surface area contributed by atoms with Crippen molar-refractivity contribution in [2.45, 2.75) is 56.9 Å². The molecule has 6 aromatic carbocycles. The lowest BCUT2D eigenvalue weighted by Gasteiger charge is -2.55. The Morgan fingerprint density at radius 2 is 1.06 bits per heavy atom. The molecule has 1 aliphatic heterocycles. The van der Waals surface area contributed by atoms with Crippen molar-refractivity contribution in [3.8, 4) is 33.4 Å².